The second-order valence-electron chi connectivity index (χ2n) is 5.82. The molecular weight excluding hydrogens is 266 g/mol. The van der Waals surface area contributed by atoms with E-state index in [9.17, 15) is 9.59 Å². The molecule has 3 rings (SSSR count). The van der Waals surface area contributed by atoms with Crippen LogP contribution >= 0.6 is 0 Å². The molecule has 5 heteroatoms. The zero-order valence-corrected chi connectivity index (χ0v) is 12.1. The van der Waals surface area contributed by atoms with Crippen LogP contribution in [0.3, 0.4) is 0 Å². The molecule has 0 radical (unpaired) electrons. The first kappa shape index (κ1) is 14.1. The summed E-state index contributed by atoms with van der Waals surface area (Å²) in [6.07, 6.45) is 1.94. The van der Waals surface area contributed by atoms with Crippen molar-refractivity contribution >= 4 is 11.8 Å². The Bertz CT molecular complexity index is 541. The van der Waals surface area contributed by atoms with Crippen molar-refractivity contribution in [2.75, 3.05) is 19.6 Å². The average Bonchev–Trinajstić information content (AvgIpc) is 2.89. The van der Waals surface area contributed by atoms with E-state index in [1.54, 1.807) is 0 Å². The molecule has 1 unspecified atom stereocenters. The predicted molar refractivity (Wildman–Crippen MR) is 79.4 cm³/mol. The first-order valence-corrected chi connectivity index (χ1v) is 7.52. The van der Waals surface area contributed by atoms with Crippen LogP contribution in [0.5, 0.6) is 0 Å². The Hall–Kier alpha value is -1.88. The van der Waals surface area contributed by atoms with Crippen molar-refractivity contribution in [1.29, 1.82) is 0 Å². The van der Waals surface area contributed by atoms with E-state index in [4.69, 9.17) is 5.73 Å². The maximum Gasteiger partial charge on any atom is 0.227 e. The highest BCUT2D eigenvalue weighted by Gasteiger charge is 2.36. The van der Waals surface area contributed by atoms with Crippen LogP contribution in [0.4, 0.5) is 0 Å². The van der Waals surface area contributed by atoms with Crippen molar-refractivity contribution in [3.63, 3.8) is 0 Å². The van der Waals surface area contributed by atoms with E-state index in [1.807, 2.05) is 34.1 Å². The first-order valence-electron chi connectivity index (χ1n) is 7.52. The Balaban J connectivity index is 1.59. The third-order valence-electron chi connectivity index (χ3n) is 4.46. The Labute approximate surface area is 124 Å². The van der Waals surface area contributed by atoms with Gasteiger partial charge in [-0.3, -0.25) is 9.59 Å². The molecule has 2 heterocycles. The van der Waals surface area contributed by atoms with Crippen molar-refractivity contribution in [2.24, 2.45) is 5.73 Å². The highest BCUT2D eigenvalue weighted by molar-refractivity contribution is 5.81. The molecule has 0 aromatic heterocycles. The lowest BCUT2D eigenvalue weighted by Gasteiger charge is -2.37. The van der Waals surface area contributed by atoms with Crippen molar-refractivity contribution < 1.29 is 9.59 Å². The minimum atomic E-state index is 0.148. The summed E-state index contributed by atoms with van der Waals surface area (Å²) in [5.74, 6) is 0.388. The van der Waals surface area contributed by atoms with E-state index in [1.165, 1.54) is 0 Å². The summed E-state index contributed by atoms with van der Waals surface area (Å²) in [6.45, 7) is 2.54. The van der Waals surface area contributed by atoms with Gasteiger partial charge in [-0.25, -0.2) is 0 Å². The lowest BCUT2D eigenvalue weighted by atomic mass is 10.1. The van der Waals surface area contributed by atoms with Crippen LogP contribution in [0, 0.1) is 0 Å². The van der Waals surface area contributed by atoms with Crippen molar-refractivity contribution in [3.8, 4) is 0 Å². The summed E-state index contributed by atoms with van der Waals surface area (Å²) in [7, 11) is 0. The molecule has 2 aliphatic rings. The lowest BCUT2D eigenvalue weighted by Crippen LogP contribution is -2.53. The number of benzene rings is 1. The zero-order valence-electron chi connectivity index (χ0n) is 12.1. The van der Waals surface area contributed by atoms with Crippen LogP contribution < -0.4 is 5.73 Å². The zero-order chi connectivity index (χ0) is 14.8. The number of fused-ring (bicyclic) bond motifs is 1. The Morgan fingerprint density at radius 1 is 1.19 bits per heavy atom. The maximum absolute atomic E-state index is 12.4. The molecule has 2 fully saturated rings. The van der Waals surface area contributed by atoms with E-state index in [0.29, 0.717) is 39.0 Å². The fourth-order valence-electron chi connectivity index (χ4n) is 3.17. The SMILES string of the molecule is NCc1ccc(CC(=O)N2CCN3C(=O)CCC3C2)cc1. The van der Waals surface area contributed by atoms with Crippen LogP contribution in [-0.4, -0.2) is 47.3 Å². The monoisotopic (exact) mass is 287 g/mol. The Morgan fingerprint density at radius 3 is 2.62 bits per heavy atom. The van der Waals surface area contributed by atoms with Crippen LogP contribution in [0.1, 0.15) is 24.0 Å². The highest BCUT2D eigenvalue weighted by atomic mass is 16.2. The molecule has 2 amide bonds. The number of carbonyl (C=O) groups excluding carboxylic acids is 2. The summed E-state index contributed by atoms with van der Waals surface area (Å²) in [4.78, 5) is 27.9. The fraction of sp³-hybridized carbons (Fsp3) is 0.500. The second-order valence-corrected chi connectivity index (χ2v) is 5.82. The largest absolute Gasteiger partial charge is 0.339 e. The van der Waals surface area contributed by atoms with Gasteiger partial charge in [0.25, 0.3) is 0 Å². The van der Waals surface area contributed by atoms with E-state index in [0.717, 1.165) is 17.5 Å². The van der Waals surface area contributed by atoms with Gasteiger partial charge in [-0.1, -0.05) is 24.3 Å². The van der Waals surface area contributed by atoms with Crippen LogP contribution in [0.15, 0.2) is 24.3 Å². The number of hydrogen-bond acceptors (Lipinski definition) is 3. The topological polar surface area (TPSA) is 66.6 Å². The van der Waals surface area contributed by atoms with Gasteiger partial charge in [0.1, 0.15) is 0 Å². The molecule has 0 aliphatic carbocycles. The number of nitrogens with two attached hydrogens (primary N) is 1. The Kier molecular flexibility index (Phi) is 3.92. The minimum Gasteiger partial charge on any atom is -0.339 e. The van der Waals surface area contributed by atoms with Gasteiger partial charge in [0, 0.05) is 38.6 Å². The molecule has 1 aromatic rings. The molecule has 1 atom stereocenters. The van der Waals surface area contributed by atoms with Crippen molar-refractivity contribution in [2.45, 2.75) is 31.8 Å². The fourth-order valence-corrected chi connectivity index (χ4v) is 3.17. The smallest absolute Gasteiger partial charge is 0.227 e. The second kappa shape index (κ2) is 5.85. The van der Waals surface area contributed by atoms with Crippen molar-refractivity contribution in [3.05, 3.63) is 35.4 Å². The lowest BCUT2D eigenvalue weighted by molar-refractivity contribution is -0.138. The summed E-state index contributed by atoms with van der Waals surface area (Å²) in [6, 6.07) is 8.10. The summed E-state index contributed by atoms with van der Waals surface area (Å²) >= 11 is 0. The number of hydrogen-bond donors (Lipinski definition) is 1. The summed E-state index contributed by atoms with van der Waals surface area (Å²) < 4.78 is 0. The van der Waals surface area contributed by atoms with Gasteiger partial charge in [-0.15, -0.1) is 0 Å². The Morgan fingerprint density at radius 2 is 1.90 bits per heavy atom. The molecule has 1 aromatic carbocycles. The maximum atomic E-state index is 12.4. The minimum absolute atomic E-state index is 0.148. The quantitative estimate of drug-likeness (QED) is 0.881. The summed E-state index contributed by atoms with van der Waals surface area (Å²) in [5, 5.41) is 0. The summed E-state index contributed by atoms with van der Waals surface area (Å²) in [5.41, 5.74) is 7.66. The first-order chi connectivity index (χ1) is 10.2. The molecule has 21 heavy (non-hydrogen) atoms. The molecule has 0 spiro atoms. The highest BCUT2D eigenvalue weighted by Crippen LogP contribution is 2.23. The van der Waals surface area contributed by atoms with Gasteiger partial charge >= 0.3 is 0 Å². The van der Waals surface area contributed by atoms with Gasteiger partial charge in [-0.2, -0.15) is 0 Å². The third kappa shape index (κ3) is 2.93. The van der Waals surface area contributed by atoms with E-state index < -0.39 is 0 Å². The molecule has 5 nitrogen and oxygen atoms in total. The van der Waals surface area contributed by atoms with E-state index in [2.05, 4.69) is 0 Å². The molecule has 112 valence electrons. The molecule has 2 N–H and O–H groups in total. The number of piperazine rings is 1. The number of carbonyl (C=O) groups is 2. The van der Waals surface area contributed by atoms with Gasteiger partial charge in [0.2, 0.25) is 11.8 Å². The molecule has 2 saturated heterocycles. The predicted octanol–water partition coefficient (Wildman–Crippen LogP) is 0.521. The van der Waals surface area contributed by atoms with Gasteiger partial charge < -0.3 is 15.5 Å². The normalized spacial score (nSPS) is 21.6. The molecule has 0 bridgehead atoms. The average molecular weight is 287 g/mol. The molecule has 2 aliphatic heterocycles. The van der Waals surface area contributed by atoms with Crippen LogP contribution in [0.2, 0.25) is 0 Å². The van der Waals surface area contributed by atoms with E-state index >= 15 is 0 Å². The third-order valence-corrected chi connectivity index (χ3v) is 4.46. The number of nitrogens with zero attached hydrogens (tertiary/aromatic N) is 2. The van der Waals surface area contributed by atoms with Crippen LogP contribution in [0.25, 0.3) is 0 Å². The van der Waals surface area contributed by atoms with Gasteiger partial charge in [-0.05, 0) is 17.5 Å². The molecule has 0 saturated carbocycles. The van der Waals surface area contributed by atoms with Gasteiger partial charge in [0.15, 0.2) is 0 Å². The number of rotatable bonds is 3. The number of amides is 2. The van der Waals surface area contributed by atoms with Crippen LogP contribution in [-0.2, 0) is 22.6 Å². The van der Waals surface area contributed by atoms with E-state index in [-0.39, 0.29) is 17.9 Å². The van der Waals surface area contributed by atoms with Gasteiger partial charge in [0.05, 0.1) is 6.42 Å². The standard InChI is InChI=1S/C16H21N3O2/c17-10-13-3-1-12(2-4-13)9-16(21)18-7-8-19-14(11-18)5-6-15(19)20/h1-4,14H,5-11,17H2. The molecular formula is C16H21N3O2. The van der Waals surface area contributed by atoms with Crippen molar-refractivity contribution in [1.82, 2.24) is 9.80 Å².